The first kappa shape index (κ1) is 14.8. The Morgan fingerprint density at radius 3 is 3.12 bits per heavy atom. The van der Waals surface area contributed by atoms with E-state index in [1.54, 1.807) is 12.4 Å². The van der Waals surface area contributed by atoms with Crippen molar-refractivity contribution in [3.63, 3.8) is 0 Å². The van der Waals surface area contributed by atoms with Gasteiger partial charge in [0.2, 0.25) is 0 Å². The van der Waals surface area contributed by atoms with Gasteiger partial charge in [0.25, 0.3) is 0 Å². The molecule has 3 N–H and O–H groups in total. The molecule has 4 heterocycles. The maximum absolute atomic E-state index is 6.17. The van der Waals surface area contributed by atoms with Crippen LogP contribution in [0.5, 0.6) is 0 Å². The highest BCUT2D eigenvalue weighted by Gasteiger charge is 2.26. The molecule has 8 heteroatoms. The number of ether oxygens (including phenoxy) is 1. The average Bonchev–Trinajstić information content (AvgIpc) is 3.00. The highest BCUT2D eigenvalue weighted by molar-refractivity contribution is 5.86. The van der Waals surface area contributed by atoms with Crippen molar-refractivity contribution in [2.75, 3.05) is 23.8 Å². The summed E-state index contributed by atoms with van der Waals surface area (Å²) in [5.41, 5.74) is 8.95. The van der Waals surface area contributed by atoms with Gasteiger partial charge in [-0.1, -0.05) is 0 Å². The minimum Gasteiger partial charge on any atom is -0.383 e. The second-order valence-electron chi connectivity index (χ2n) is 5.92. The smallest absolute Gasteiger partial charge is 0.161 e. The van der Waals surface area contributed by atoms with Crippen LogP contribution in [0.3, 0.4) is 0 Å². The van der Waals surface area contributed by atoms with Gasteiger partial charge < -0.3 is 15.4 Å². The maximum atomic E-state index is 6.17. The molecule has 0 saturated heterocycles. The number of nitrogens with one attached hydrogen (secondary N) is 1. The summed E-state index contributed by atoms with van der Waals surface area (Å²) in [5, 5.41) is 7.91. The van der Waals surface area contributed by atoms with Gasteiger partial charge in [-0.3, -0.25) is 5.10 Å². The van der Waals surface area contributed by atoms with Crippen LogP contribution in [0.4, 0.5) is 11.6 Å². The fraction of sp³-hybridized carbons (Fsp3) is 0.375. The van der Waals surface area contributed by atoms with Crippen LogP contribution in [0.25, 0.3) is 11.0 Å². The van der Waals surface area contributed by atoms with Crippen LogP contribution < -0.4 is 10.6 Å². The molecule has 1 atom stereocenters. The Hall–Kier alpha value is -2.74. The molecule has 1 aliphatic heterocycles. The summed E-state index contributed by atoms with van der Waals surface area (Å²) in [4.78, 5) is 15.5. The molecule has 0 unspecified atom stereocenters. The highest BCUT2D eigenvalue weighted by Crippen LogP contribution is 2.34. The Morgan fingerprint density at radius 1 is 1.38 bits per heavy atom. The Kier molecular flexibility index (Phi) is 3.53. The summed E-state index contributed by atoms with van der Waals surface area (Å²) in [5.74, 6) is 2.06. The van der Waals surface area contributed by atoms with Gasteiger partial charge in [0.05, 0.1) is 30.8 Å². The zero-order chi connectivity index (χ0) is 16.7. The summed E-state index contributed by atoms with van der Waals surface area (Å²) in [7, 11) is 0. The Morgan fingerprint density at radius 2 is 2.25 bits per heavy atom. The van der Waals surface area contributed by atoms with Crippen molar-refractivity contribution < 1.29 is 4.74 Å². The van der Waals surface area contributed by atoms with Gasteiger partial charge in [-0.2, -0.15) is 5.10 Å². The molecular formula is C16H19N7O. The van der Waals surface area contributed by atoms with Gasteiger partial charge in [-0.25, -0.2) is 15.0 Å². The number of hydrogen-bond donors (Lipinski definition) is 2. The first-order valence-electron chi connectivity index (χ1n) is 7.90. The topological polar surface area (TPSA) is 106 Å². The zero-order valence-corrected chi connectivity index (χ0v) is 13.7. The van der Waals surface area contributed by atoms with Crippen molar-refractivity contribution >= 4 is 22.7 Å². The van der Waals surface area contributed by atoms with Crippen molar-refractivity contribution in [1.82, 2.24) is 25.1 Å². The quantitative estimate of drug-likeness (QED) is 0.702. The fourth-order valence-electron chi connectivity index (χ4n) is 3.27. The van der Waals surface area contributed by atoms with E-state index in [0.717, 1.165) is 28.0 Å². The molecule has 0 saturated carbocycles. The third-order valence-electron chi connectivity index (χ3n) is 4.40. The third-order valence-corrected chi connectivity index (χ3v) is 4.40. The molecule has 0 amide bonds. The number of nitrogens with two attached hydrogens (primary N) is 1. The van der Waals surface area contributed by atoms with Gasteiger partial charge in [0, 0.05) is 18.3 Å². The minimum absolute atomic E-state index is 0.0185. The van der Waals surface area contributed by atoms with E-state index in [9.17, 15) is 0 Å². The number of nitrogens with zero attached hydrogens (tertiary/aromatic N) is 5. The van der Waals surface area contributed by atoms with Crippen LogP contribution in [0, 0.1) is 6.92 Å². The fourth-order valence-corrected chi connectivity index (χ4v) is 3.27. The zero-order valence-electron chi connectivity index (χ0n) is 13.7. The molecular weight excluding hydrogens is 306 g/mol. The Bertz CT molecular complexity index is 891. The lowest BCUT2D eigenvalue weighted by Gasteiger charge is -2.34. The van der Waals surface area contributed by atoms with Crippen LogP contribution in [0.2, 0.25) is 0 Å². The molecule has 124 valence electrons. The van der Waals surface area contributed by atoms with Gasteiger partial charge in [-0.05, 0) is 25.5 Å². The van der Waals surface area contributed by atoms with Crippen LogP contribution in [0.15, 0.2) is 18.5 Å². The number of aromatic amines is 1. The summed E-state index contributed by atoms with van der Waals surface area (Å²) in [6.45, 7) is 5.84. The number of nitrogen functional groups attached to an aromatic ring is 1. The monoisotopic (exact) mass is 325 g/mol. The molecule has 4 rings (SSSR count). The number of hydrogen-bond acceptors (Lipinski definition) is 7. The lowest BCUT2D eigenvalue weighted by molar-refractivity contribution is 0.121. The van der Waals surface area contributed by atoms with Crippen molar-refractivity contribution in [2.45, 2.75) is 26.5 Å². The lowest BCUT2D eigenvalue weighted by atomic mass is 10.0. The van der Waals surface area contributed by atoms with Crippen molar-refractivity contribution in [1.29, 1.82) is 0 Å². The second-order valence-corrected chi connectivity index (χ2v) is 5.92. The second kappa shape index (κ2) is 5.72. The number of fused-ring (bicyclic) bond motifs is 2. The molecule has 0 fully saturated rings. The number of rotatable bonds is 1. The van der Waals surface area contributed by atoms with Crippen molar-refractivity contribution in [3.05, 3.63) is 35.4 Å². The van der Waals surface area contributed by atoms with Gasteiger partial charge >= 0.3 is 0 Å². The largest absolute Gasteiger partial charge is 0.383 e. The van der Waals surface area contributed by atoms with E-state index in [4.69, 9.17) is 10.5 Å². The number of anilines is 2. The third kappa shape index (κ3) is 2.35. The summed E-state index contributed by atoms with van der Waals surface area (Å²) in [6, 6.07) is 1.98. The molecule has 0 aromatic carbocycles. The number of H-pyrrole nitrogens is 1. The average molecular weight is 325 g/mol. The molecule has 0 bridgehead atoms. The minimum atomic E-state index is 0.0185. The summed E-state index contributed by atoms with van der Waals surface area (Å²) >= 11 is 0. The van der Waals surface area contributed by atoms with E-state index >= 15 is 0 Å². The summed E-state index contributed by atoms with van der Waals surface area (Å²) in [6.07, 6.45) is 3.48. The number of aromatic nitrogens is 5. The lowest BCUT2D eigenvalue weighted by Crippen LogP contribution is -2.34. The van der Waals surface area contributed by atoms with Gasteiger partial charge in [-0.15, -0.1) is 0 Å². The summed E-state index contributed by atoms with van der Waals surface area (Å²) < 4.78 is 5.79. The van der Waals surface area contributed by atoms with Gasteiger partial charge in [0.1, 0.15) is 17.5 Å². The number of aryl methyl sites for hydroxylation is 1. The maximum Gasteiger partial charge on any atom is 0.161 e. The van der Waals surface area contributed by atoms with E-state index in [-0.39, 0.29) is 6.04 Å². The Balaban J connectivity index is 1.88. The SMILES string of the molecule is Cc1nc(N2CCOCc3ccnc(N)c3[C@@H]2C)c2cn[nH]c2n1. The van der Waals surface area contributed by atoms with Crippen LogP contribution in [0.1, 0.15) is 29.9 Å². The predicted molar refractivity (Wildman–Crippen MR) is 90.5 cm³/mol. The van der Waals surface area contributed by atoms with E-state index in [0.29, 0.717) is 31.4 Å². The molecule has 8 nitrogen and oxygen atoms in total. The van der Waals surface area contributed by atoms with Crippen LogP contribution in [-0.2, 0) is 11.3 Å². The van der Waals surface area contributed by atoms with E-state index in [1.807, 2.05) is 13.0 Å². The Labute approximate surface area is 139 Å². The molecule has 3 aromatic heterocycles. The van der Waals surface area contributed by atoms with E-state index in [1.165, 1.54) is 0 Å². The van der Waals surface area contributed by atoms with Crippen molar-refractivity contribution in [2.24, 2.45) is 0 Å². The van der Waals surface area contributed by atoms with Crippen LogP contribution >= 0.6 is 0 Å². The molecule has 3 aromatic rings. The molecule has 0 spiro atoms. The molecule has 24 heavy (non-hydrogen) atoms. The van der Waals surface area contributed by atoms with E-state index < -0.39 is 0 Å². The molecule has 1 aliphatic rings. The number of pyridine rings is 1. The van der Waals surface area contributed by atoms with Gasteiger partial charge in [0.15, 0.2) is 5.65 Å². The molecule has 0 aliphatic carbocycles. The first-order chi connectivity index (χ1) is 11.6. The standard InChI is InChI=1S/C16H19N7O/c1-9-13-11(3-4-18-14(13)17)8-24-6-5-23(9)16-12-7-19-22-15(12)20-10(2)21-16/h3-4,7,9H,5-6,8H2,1-2H3,(H2,17,18)(H,19,20,21,22)/t9-/m0/s1. The first-order valence-corrected chi connectivity index (χ1v) is 7.90. The normalized spacial score (nSPS) is 18.2. The molecule has 0 radical (unpaired) electrons. The predicted octanol–water partition coefficient (Wildman–Crippen LogP) is 1.74. The van der Waals surface area contributed by atoms with E-state index in [2.05, 4.69) is 37.0 Å². The van der Waals surface area contributed by atoms with Crippen LogP contribution in [-0.4, -0.2) is 38.3 Å². The highest BCUT2D eigenvalue weighted by atomic mass is 16.5. The van der Waals surface area contributed by atoms with Crippen molar-refractivity contribution in [3.8, 4) is 0 Å².